The summed E-state index contributed by atoms with van der Waals surface area (Å²) in [6.07, 6.45) is 6.69. The third-order valence-electron chi connectivity index (χ3n) is 4.06. The molecule has 1 aliphatic heterocycles. The van der Waals surface area contributed by atoms with Crippen LogP contribution in [-0.2, 0) is 13.6 Å². The molecule has 4 heteroatoms. The fourth-order valence-corrected chi connectivity index (χ4v) is 3.54. The van der Waals surface area contributed by atoms with Crippen molar-refractivity contribution in [3.8, 4) is 0 Å². The molecule has 0 N–H and O–H groups in total. The Morgan fingerprint density at radius 1 is 1.42 bits per heavy atom. The molecule has 1 saturated heterocycles. The van der Waals surface area contributed by atoms with Crippen molar-refractivity contribution in [1.82, 2.24) is 14.7 Å². The van der Waals surface area contributed by atoms with Crippen LogP contribution in [0.2, 0.25) is 0 Å². The van der Waals surface area contributed by atoms with Gasteiger partial charge in [-0.3, -0.25) is 9.58 Å². The second kappa shape index (κ2) is 6.89. The maximum absolute atomic E-state index is 4.47. The number of rotatable bonds is 4. The van der Waals surface area contributed by atoms with Crippen molar-refractivity contribution in [2.75, 3.05) is 6.54 Å². The van der Waals surface area contributed by atoms with E-state index in [-0.39, 0.29) is 0 Å². The van der Waals surface area contributed by atoms with Crippen molar-refractivity contribution in [2.24, 2.45) is 7.05 Å². The molecule has 0 saturated carbocycles. The zero-order valence-electron chi connectivity index (χ0n) is 12.4. The van der Waals surface area contributed by atoms with E-state index in [9.17, 15) is 0 Å². The van der Waals surface area contributed by atoms with Gasteiger partial charge in [-0.2, -0.15) is 5.10 Å². The third kappa shape index (κ3) is 4.32. The van der Waals surface area contributed by atoms with Crippen molar-refractivity contribution in [3.63, 3.8) is 0 Å². The van der Waals surface area contributed by atoms with E-state index < -0.39 is 0 Å². The van der Waals surface area contributed by atoms with Crippen LogP contribution < -0.4 is 0 Å². The van der Waals surface area contributed by atoms with Crippen LogP contribution in [0.5, 0.6) is 0 Å². The predicted molar refractivity (Wildman–Crippen MR) is 83.6 cm³/mol. The molecule has 0 aromatic carbocycles. The molecule has 0 amide bonds. The molecule has 1 aliphatic rings. The van der Waals surface area contributed by atoms with Gasteiger partial charge in [0.15, 0.2) is 0 Å². The van der Waals surface area contributed by atoms with Crippen molar-refractivity contribution in [3.05, 3.63) is 17.5 Å². The topological polar surface area (TPSA) is 21.1 Å². The largest absolute Gasteiger partial charge is 0.295 e. The van der Waals surface area contributed by atoms with Gasteiger partial charge in [0.1, 0.15) is 0 Å². The second-order valence-electron chi connectivity index (χ2n) is 5.89. The molecule has 108 valence electrons. The minimum atomic E-state index is 0.603. The number of aromatic nitrogens is 2. The number of aryl methyl sites for hydroxylation is 2. The lowest BCUT2D eigenvalue weighted by molar-refractivity contribution is 0.178. The summed E-state index contributed by atoms with van der Waals surface area (Å²) in [4.78, 5) is 3.27. The summed E-state index contributed by atoms with van der Waals surface area (Å²) in [5.41, 5.74) is 2.46. The Kier molecular flexibility index (Phi) is 5.46. The Morgan fingerprint density at radius 3 is 2.84 bits per heavy atom. The number of hydrogen-bond donors (Lipinski definition) is 0. The fraction of sp³-hybridized carbons (Fsp3) is 0.800. The van der Waals surface area contributed by atoms with Crippen LogP contribution in [0.15, 0.2) is 6.07 Å². The van der Waals surface area contributed by atoms with E-state index in [2.05, 4.69) is 52.9 Å². The van der Waals surface area contributed by atoms with Gasteiger partial charge in [0.05, 0.1) is 11.4 Å². The minimum Gasteiger partial charge on any atom is -0.295 e. The molecule has 0 bridgehead atoms. The van der Waals surface area contributed by atoms with Gasteiger partial charge >= 0.3 is 0 Å². The molecule has 0 spiro atoms. The van der Waals surface area contributed by atoms with E-state index in [1.807, 2.05) is 4.68 Å². The van der Waals surface area contributed by atoms with Crippen LogP contribution in [0, 0.1) is 6.92 Å². The normalized spacial score (nSPS) is 23.3. The molecule has 2 atom stereocenters. The summed E-state index contributed by atoms with van der Waals surface area (Å²) in [7, 11) is 2.06. The van der Waals surface area contributed by atoms with Gasteiger partial charge in [-0.15, -0.1) is 0 Å². The third-order valence-corrected chi connectivity index (χ3v) is 4.43. The Balaban J connectivity index is 2.07. The van der Waals surface area contributed by atoms with Gasteiger partial charge in [-0.05, 0) is 38.8 Å². The molecular formula is C15H26BrN3. The number of alkyl halides is 1. The van der Waals surface area contributed by atoms with Gasteiger partial charge < -0.3 is 0 Å². The Morgan fingerprint density at radius 2 is 2.21 bits per heavy atom. The molecule has 2 rings (SSSR count). The van der Waals surface area contributed by atoms with E-state index >= 15 is 0 Å². The van der Waals surface area contributed by atoms with E-state index in [0.29, 0.717) is 10.9 Å². The molecule has 1 aromatic rings. The average Bonchev–Trinajstić information content (AvgIpc) is 2.51. The molecule has 1 fully saturated rings. The second-order valence-corrected chi connectivity index (χ2v) is 7.45. The number of halogens is 1. The lowest BCUT2D eigenvalue weighted by Gasteiger charge is -2.30. The lowest BCUT2D eigenvalue weighted by atomic mass is 10.0. The van der Waals surface area contributed by atoms with Crippen LogP contribution >= 0.6 is 15.9 Å². The first-order valence-corrected chi connectivity index (χ1v) is 8.35. The average molecular weight is 328 g/mol. The SMILES string of the molecule is Cc1cc(CN2CCCCCC2CC(C)Br)n(C)n1. The van der Waals surface area contributed by atoms with Gasteiger partial charge in [0.25, 0.3) is 0 Å². The number of nitrogens with zero attached hydrogens (tertiary/aromatic N) is 3. The van der Waals surface area contributed by atoms with E-state index in [4.69, 9.17) is 0 Å². The van der Waals surface area contributed by atoms with Crippen molar-refractivity contribution in [1.29, 1.82) is 0 Å². The zero-order chi connectivity index (χ0) is 13.8. The maximum Gasteiger partial charge on any atom is 0.0597 e. The summed E-state index contributed by atoms with van der Waals surface area (Å²) in [5, 5.41) is 4.47. The highest BCUT2D eigenvalue weighted by Crippen LogP contribution is 2.24. The molecular weight excluding hydrogens is 302 g/mol. The Labute approximate surface area is 125 Å². The van der Waals surface area contributed by atoms with Crippen molar-refractivity contribution < 1.29 is 0 Å². The van der Waals surface area contributed by atoms with Crippen LogP contribution in [0.3, 0.4) is 0 Å². The minimum absolute atomic E-state index is 0.603. The summed E-state index contributed by atoms with van der Waals surface area (Å²) >= 11 is 3.72. The monoisotopic (exact) mass is 327 g/mol. The maximum atomic E-state index is 4.47. The van der Waals surface area contributed by atoms with E-state index in [1.54, 1.807) is 0 Å². The molecule has 1 aromatic heterocycles. The van der Waals surface area contributed by atoms with Crippen LogP contribution in [-0.4, -0.2) is 32.1 Å². The lowest BCUT2D eigenvalue weighted by Crippen LogP contribution is -2.36. The smallest absolute Gasteiger partial charge is 0.0597 e. The van der Waals surface area contributed by atoms with Gasteiger partial charge in [-0.1, -0.05) is 35.7 Å². The fourth-order valence-electron chi connectivity index (χ4n) is 3.11. The quantitative estimate of drug-likeness (QED) is 0.787. The van der Waals surface area contributed by atoms with Gasteiger partial charge in [0.2, 0.25) is 0 Å². The first-order valence-electron chi connectivity index (χ1n) is 7.44. The predicted octanol–water partition coefficient (Wildman–Crippen LogP) is 3.65. The molecule has 2 heterocycles. The summed E-state index contributed by atoms with van der Waals surface area (Å²) < 4.78 is 2.04. The van der Waals surface area contributed by atoms with E-state index in [0.717, 1.165) is 12.2 Å². The highest BCUT2D eigenvalue weighted by Gasteiger charge is 2.23. The number of likely N-dealkylation sites (tertiary alicyclic amines) is 1. The molecule has 0 aliphatic carbocycles. The highest BCUT2D eigenvalue weighted by atomic mass is 79.9. The standard InChI is InChI=1S/C15H26BrN3/c1-12(16)9-14-7-5-4-6-8-19(14)11-15-10-13(2)17-18(15)3/h10,12,14H,4-9,11H2,1-3H3. The van der Waals surface area contributed by atoms with Crippen LogP contribution in [0.25, 0.3) is 0 Å². The molecule has 19 heavy (non-hydrogen) atoms. The first-order chi connectivity index (χ1) is 9.06. The highest BCUT2D eigenvalue weighted by molar-refractivity contribution is 9.09. The van der Waals surface area contributed by atoms with Crippen LogP contribution in [0.1, 0.15) is 50.4 Å². The van der Waals surface area contributed by atoms with Gasteiger partial charge in [-0.25, -0.2) is 0 Å². The molecule has 2 unspecified atom stereocenters. The van der Waals surface area contributed by atoms with E-state index in [1.165, 1.54) is 44.3 Å². The first kappa shape index (κ1) is 15.0. The summed E-state index contributed by atoms with van der Waals surface area (Å²) in [6.45, 7) is 6.61. The van der Waals surface area contributed by atoms with Crippen molar-refractivity contribution in [2.45, 2.75) is 63.4 Å². The molecule has 0 radical (unpaired) electrons. The summed E-state index contributed by atoms with van der Waals surface area (Å²) in [6, 6.07) is 2.94. The van der Waals surface area contributed by atoms with Crippen LogP contribution in [0.4, 0.5) is 0 Å². The Bertz CT molecular complexity index is 400. The van der Waals surface area contributed by atoms with Crippen molar-refractivity contribution >= 4 is 15.9 Å². The number of hydrogen-bond acceptors (Lipinski definition) is 2. The Hall–Kier alpha value is -0.350. The summed E-state index contributed by atoms with van der Waals surface area (Å²) in [5.74, 6) is 0. The molecule has 3 nitrogen and oxygen atoms in total. The zero-order valence-corrected chi connectivity index (χ0v) is 14.0. The van der Waals surface area contributed by atoms with Gasteiger partial charge in [0, 0.05) is 24.5 Å².